The Labute approximate surface area is 125 Å². The maximum atomic E-state index is 4.74. The third-order valence-electron chi connectivity index (χ3n) is 4.52. The molecule has 2 nitrogen and oxygen atoms in total. The highest BCUT2D eigenvalue weighted by molar-refractivity contribution is 5.86. The second-order valence-electron chi connectivity index (χ2n) is 5.89. The molecule has 0 saturated heterocycles. The van der Waals surface area contributed by atoms with Crippen LogP contribution >= 0.6 is 0 Å². The minimum absolute atomic E-state index is 0.259. The first-order valence-electron chi connectivity index (χ1n) is 7.91. The van der Waals surface area contributed by atoms with Crippen molar-refractivity contribution in [2.75, 3.05) is 6.54 Å². The summed E-state index contributed by atoms with van der Waals surface area (Å²) >= 11 is 0. The van der Waals surface area contributed by atoms with Gasteiger partial charge < -0.3 is 5.32 Å². The summed E-state index contributed by atoms with van der Waals surface area (Å²) in [6.45, 7) is 0.971. The summed E-state index contributed by atoms with van der Waals surface area (Å²) in [5, 5.41) is 3.72. The van der Waals surface area contributed by atoms with E-state index in [2.05, 4.69) is 53.8 Å². The van der Waals surface area contributed by atoms with Crippen molar-refractivity contribution in [2.45, 2.75) is 31.7 Å². The molecule has 0 aromatic heterocycles. The fourth-order valence-corrected chi connectivity index (χ4v) is 3.47. The second kappa shape index (κ2) is 5.36. The number of benzene rings is 2. The van der Waals surface area contributed by atoms with Crippen molar-refractivity contribution in [1.82, 2.24) is 5.32 Å². The van der Waals surface area contributed by atoms with E-state index in [-0.39, 0.29) is 6.04 Å². The van der Waals surface area contributed by atoms with E-state index in [0.717, 1.165) is 13.0 Å². The van der Waals surface area contributed by atoms with Crippen LogP contribution in [-0.2, 0) is 0 Å². The normalized spacial score (nSPS) is 17.6. The number of hydrogen-bond acceptors (Lipinski definition) is 2. The number of nitrogens with zero attached hydrogens (tertiary/aromatic N) is 1. The van der Waals surface area contributed by atoms with Crippen LogP contribution in [-0.4, -0.2) is 12.4 Å². The highest BCUT2D eigenvalue weighted by Crippen LogP contribution is 2.43. The molecule has 0 atom stereocenters. The van der Waals surface area contributed by atoms with Crippen molar-refractivity contribution >= 4 is 5.84 Å². The number of hydrogen-bond donors (Lipinski definition) is 1. The average Bonchev–Trinajstić information content (AvgIpc) is 2.68. The summed E-state index contributed by atoms with van der Waals surface area (Å²) in [4.78, 5) is 4.74. The standard InChI is InChI=1S/C19H20N2/c1-2-12-18(20-13-7-1)21-19-16-10-5-3-8-14(16)15-9-4-6-11-17(15)19/h3-6,8-11,19H,1-2,7,12-13H2,(H,20,21). The molecule has 2 aromatic carbocycles. The van der Waals surface area contributed by atoms with E-state index in [4.69, 9.17) is 4.99 Å². The van der Waals surface area contributed by atoms with E-state index in [9.17, 15) is 0 Å². The Morgan fingerprint density at radius 3 is 2.19 bits per heavy atom. The van der Waals surface area contributed by atoms with Gasteiger partial charge in [-0.2, -0.15) is 0 Å². The predicted molar refractivity (Wildman–Crippen MR) is 87.6 cm³/mol. The molecule has 1 N–H and O–H groups in total. The van der Waals surface area contributed by atoms with E-state index >= 15 is 0 Å². The van der Waals surface area contributed by atoms with Crippen molar-refractivity contribution < 1.29 is 0 Å². The van der Waals surface area contributed by atoms with E-state index in [1.807, 2.05) is 0 Å². The van der Waals surface area contributed by atoms with Gasteiger partial charge in [0.2, 0.25) is 0 Å². The summed E-state index contributed by atoms with van der Waals surface area (Å²) in [5.74, 6) is 1.18. The molecule has 1 aliphatic heterocycles. The Morgan fingerprint density at radius 2 is 1.48 bits per heavy atom. The molecule has 0 unspecified atom stereocenters. The van der Waals surface area contributed by atoms with E-state index in [0.29, 0.717) is 0 Å². The molecular formula is C19H20N2. The van der Waals surface area contributed by atoms with Gasteiger partial charge in [0.05, 0.1) is 11.9 Å². The maximum Gasteiger partial charge on any atom is 0.0970 e. The molecule has 0 spiro atoms. The Hall–Kier alpha value is -2.09. The predicted octanol–water partition coefficient (Wildman–Crippen LogP) is 4.32. The van der Waals surface area contributed by atoms with Gasteiger partial charge in [-0.1, -0.05) is 55.0 Å². The Kier molecular flexibility index (Phi) is 3.23. The topological polar surface area (TPSA) is 24.4 Å². The molecule has 0 fully saturated rings. The zero-order chi connectivity index (χ0) is 14.1. The first-order valence-corrected chi connectivity index (χ1v) is 7.91. The molecule has 0 radical (unpaired) electrons. The second-order valence-corrected chi connectivity index (χ2v) is 5.89. The summed E-state index contributed by atoms with van der Waals surface area (Å²) in [5.41, 5.74) is 5.48. The fourth-order valence-electron chi connectivity index (χ4n) is 3.47. The Balaban J connectivity index is 1.73. The molecular weight excluding hydrogens is 256 g/mol. The maximum absolute atomic E-state index is 4.74. The lowest BCUT2D eigenvalue weighted by Gasteiger charge is -2.18. The van der Waals surface area contributed by atoms with E-state index in [1.54, 1.807) is 0 Å². The molecule has 106 valence electrons. The molecule has 4 rings (SSSR count). The highest BCUT2D eigenvalue weighted by Gasteiger charge is 2.28. The molecule has 1 heterocycles. The van der Waals surface area contributed by atoms with Gasteiger partial charge in [0, 0.05) is 13.0 Å². The van der Waals surface area contributed by atoms with Crippen LogP contribution in [0.3, 0.4) is 0 Å². The zero-order valence-electron chi connectivity index (χ0n) is 12.2. The SMILES string of the molecule is c1ccc2c(c1)-c1ccccc1C2NC1=NCCCCC1. The number of aliphatic imine (C=N–C) groups is 1. The van der Waals surface area contributed by atoms with Gasteiger partial charge in [0.15, 0.2) is 0 Å². The third-order valence-corrected chi connectivity index (χ3v) is 4.52. The molecule has 2 aromatic rings. The molecule has 0 amide bonds. The quantitative estimate of drug-likeness (QED) is 0.824. The van der Waals surface area contributed by atoms with Crippen LogP contribution in [0.15, 0.2) is 53.5 Å². The molecule has 0 bridgehead atoms. The largest absolute Gasteiger partial charge is 0.363 e. The molecule has 2 heteroatoms. The monoisotopic (exact) mass is 276 g/mol. The Bertz CT molecular complexity index is 642. The lowest BCUT2D eigenvalue weighted by atomic mass is 10.0. The minimum atomic E-state index is 0.259. The van der Waals surface area contributed by atoms with Crippen LogP contribution in [0.2, 0.25) is 0 Å². The van der Waals surface area contributed by atoms with Crippen molar-refractivity contribution in [3.05, 3.63) is 59.7 Å². The van der Waals surface area contributed by atoms with Gasteiger partial charge in [0.25, 0.3) is 0 Å². The van der Waals surface area contributed by atoms with Crippen molar-refractivity contribution in [1.29, 1.82) is 0 Å². The van der Waals surface area contributed by atoms with E-state index < -0.39 is 0 Å². The highest BCUT2D eigenvalue weighted by atomic mass is 15.0. The van der Waals surface area contributed by atoms with Crippen LogP contribution < -0.4 is 5.32 Å². The lowest BCUT2D eigenvalue weighted by molar-refractivity contribution is 0.721. The van der Waals surface area contributed by atoms with Crippen LogP contribution in [0.4, 0.5) is 0 Å². The van der Waals surface area contributed by atoms with Gasteiger partial charge in [-0.05, 0) is 35.1 Å². The molecule has 1 aliphatic carbocycles. The first kappa shape index (κ1) is 12.6. The molecule has 0 saturated carbocycles. The van der Waals surface area contributed by atoms with Crippen molar-refractivity contribution in [3.63, 3.8) is 0 Å². The lowest BCUT2D eigenvalue weighted by Crippen LogP contribution is -2.28. The van der Waals surface area contributed by atoms with E-state index in [1.165, 1.54) is 47.4 Å². The average molecular weight is 276 g/mol. The number of amidine groups is 1. The summed E-state index contributed by atoms with van der Waals surface area (Å²) in [6, 6.07) is 17.7. The van der Waals surface area contributed by atoms with Gasteiger partial charge in [-0.15, -0.1) is 0 Å². The van der Waals surface area contributed by atoms with Crippen molar-refractivity contribution in [3.8, 4) is 11.1 Å². The van der Waals surface area contributed by atoms with Crippen LogP contribution in [0.5, 0.6) is 0 Å². The summed E-state index contributed by atoms with van der Waals surface area (Å²) < 4.78 is 0. The summed E-state index contributed by atoms with van der Waals surface area (Å²) in [6.07, 6.45) is 4.86. The number of fused-ring (bicyclic) bond motifs is 3. The van der Waals surface area contributed by atoms with Crippen LogP contribution in [0, 0.1) is 0 Å². The third kappa shape index (κ3) is 2.25. The molecule has 21 heavy (non-hydrogen) atoms. The zero-order valence-corrected chi connectivity index (χ0v) is 12.2. The van der Waals surface area contributed by atoms with Gasteiger partial charge >= 0.3 is 0 Å². The van der Waals surface area contributed by atoms with Crippen LogP contribution in [0.1, 0.15) is 42.9 Å². The number of nitrogens with one attached hydrogen (secondary N) is 1. The number of rotatable bonds is 1. The molecule has 2 aliphatic rings. The minimum Gasteiger partial charge on any atom is -0.363 e. The first-order chi connectivity index (χ1) is 10.4. The van der Waals surface area contributed by atoms with Crippen LogP contribution in [0.25, 0.3) is 11.1 Å². The van der Waals surface area contributed by atoms with Gasteiger partial charge in [-0.3, -0.25) is 4.99 Å². The fraction of sp³-hybridized carbons (Fsp3) is 0.316. The Morgan fingerprint density at radius 1 is 0.810 bits per heavy atom. The summed E-state index contributed by atoms with van der Waals surface area (Å²) in [7, 11) is 0. The van der Waals surface area contributed by atoms with Crippen molar-refractivity contribution in [2.24, 2.45) is 4.99 Å². The van der Waals surface area contributed by atoms with Gasteiger partial charge in [-0.25, -0.2) is 0 Å². The van der Waals surface area contributed by atoms with Gasteiger partial charge in [0.1, 0.15) is 0 Å². The smallest absolute Gasteiger partial charge is 0.0970 e.